The lowest BCUT2D eigenvalue weighted by molar-refractivity contribution is -0.870. The molecule has 0 fully saturated rings. The number of carbonyl (C=O) groups is 2. The van der Waals surface area contributed by atoms with E-state index in [1.54, 1.807) is 0 Å². The molecule has 0 aliphatic rings. The maximum Gasteiger partial charge on any atom is 0.472 e. The average molecular weight is 973 g/mol. The molecule has 9 nitrogen and oxygen atoms in total. The number of phosphoric acid groups is 1. The van der Waals surface area contributed by atoms with Gasteiger partial charge in [-0.3, -0.25) is 18.6 Å². The van der Waals surface area contributed by atoms with Gasteiger partial charge in [0.05, 0.1) is 27.7 Å². The lowest BCUT2D eigenvalue weighted by atomic mass is 10.0. The molecule has 392 valence electrons. The molecule has 0 heterocycles. The second-order valence-corrected chi connectivity index (χ2v) is 20.7. The Hall–Kier alpha value is -2.81. The van der Waals surface area contributed by atoms with E-state index in [9.17, 15) is 19.0 Å². The molecule has 0 aromatic rings. The van der Waals surface area contributed by atoms with Crippen LogP contribution in [-0.4, -0.2) is 74.9 Å². The number of quaternary nitrogens is 1. The monoisotopic (exact) mass is 973 g/mol. The van der Waals surface area contributed by atoms with Crippen molar-refractivity contribution in [3.8, 4) is 0 Å². The van der Waals surface area contributed by atoms with Crippen LogP contribution in [0.5, 0.6) is 0 Å². The molecule has 0 amide bonds. The normalized spacial score (nSPS) is 14.0. The molecule has 2 unspecified atom stereocenters. The number of hydrogen-bond donors (Lipinski definition) is 1. The molecule has 0 spiro atoms. The highest BCUT2D eigenvalue weighted by atomic mass is 31.2. The van der Waals surface area contributed by atoms with Crippen LogP contribution in [0.1, 0.15) is 219 Å². The maximum absolute atomic E-state index is 12.8. The summed E-state index contributed by atoms with van der Waals surface area (Å²) in [6, 6.07) is 0. The zero-order chi connectivity index (χ0) is 49.9. The first-order valence-electron chi connectivity index (χ1n) is 27.3. The van der Waals surface area contributed by atoms with Crippen LogP contribution in [0.3, 0.4) is 0 Å². The molecule has 10 heteroatoms. The van der Waals surface area contributed by atoms with E-state index in [2.05, 4.69) is 98.9 Å². The third-order valence-corrected chi connectivity index (χ3v) is 12.4. The summed E-state index contributed by atoms with van der Waals surface area (Å²) in [6.45, 7) is 4.27. The van der Waals surface area contributed by atoms with Crippen LogP contribution in [0.2, 0.25) is 0 Å². The van der Waals surface area contributed by atoms with Crippen molar-refractivity contribution >= 4 is 19.8 Å². The van der Waals surface area contributed by atoms with Crippen molar-refractivity contribution in [2.75, 3.05) is 47.5 Å². The van der Waals surface area contributed by atoms with Crippen LogP contribution in [0.25, 0.3) is 0 Å². The summed E-state index contributed by atoms with van der Waals surface area (Å²) in [4.78, 5) is 35.6. The lowest BCUT2D eigenvalue weighted by Crippen LogP contribution is -2.37. The van der Waals surface area contributed by atoms with Gasteiger partial charge >= 0.3 is 19.8 Å². The van der Waals surface area contributed by atoms with E-state index in [1.807, 2.05) is 21.1 Å². The summed E-state index contributed by atoms with van der Waals surface area (Å²) in [5.41, 5.74) is 0. The highest BCUT2D eigenvalue weighted by Crippen LogP contribution is 2.43. The second-order valence-electron chi connectivity index (χ2n) is 19.2. The van der Waals surface area contributed by atoms with Crippen molar-refractivity contribution < 1.29 is 42.1 Å². The minimum atomic E-state index is -4.40. The van der Waals surface area contributed by atoms with Gasteiger partial charge in [-0.2, -0.15) is 0 Å². The first kappa shape index (κ1) is 65.2. The number of esters is 2. The average Bonchev–Trinajstić information content (AvgIpc) is 3.30. The van der Waals surface area contributed by atoms with Crippen LogP contribution in [0, 0.1) is 0 Å². The van der Waals surface area contributed by atoms with E-state index in [4.69, 9.17) is 18.5 Å². The molecule has 0 aromatic carbocycles. The predicted octanol–water partition coefficient (Wildman–Crippen LogP) is 16.7. The van der Waals surface area contributed by atoms with Gasteiger partial charge in [-0.05, 0) is 89.9 Å². The smallest absolute Gasteiger partial charge is 0.462 e. The number of hydrogen-bond acceptors (Lipinski definition) is 7. The number of likely N-dealkylation sites (N-methyl/N-ethyl adjacent to an activating group) is 1. The van der Waals surface area contributed by atoms with Crippen LogP contribution >= 0.6 is 7.82 Å². The fourth-order valence-corrected chi connectivity index (χ4v) is 7.93. The van der Waals surface area contributed by atoms with E-state index in [1.165, 1.54) is 116 Å². The van der Waals surface area contributed by atoms with Gasteiger partial charge < -0.3 is 18.9 Å². The molecular weight excluding hydrogens is 870 g/mol. The minimum absolute atomic E-state index is 0.0191. The summed E-state index contributed by atoms with van der Waals surface area (Å²) in [5.74, 6) is -0.851. The van der Waals surface area contributed by atoms with Crippen LogP contribution in [0.15, 0.2) is 85.1 Å². The second kappa shape index (κ2) is 49.2. The van der Waals surface area contributed by atoms with Crippen LogP contribution < -0.4 is 0 Å². The van der Waals surface area contributed by atoms with E-state index in [0.29, 0.717) is 17.4 Å². The van der Waals surface area contributed by atoms with Crippen LogP contribution in [-0.2, 0) is 32.7 Å². The maximum atomic E-state index is 12.8. The summed E-state index contributed by atoms with van der Waals surface area (Å²) in [5, 5.41) is 0. The molecule has 0 aliphatic carbocycles. The van der Waals surface area contributed by atoms with Gasteiger partial charge in [0.15, 0.2) is 6.10 Å². The largest absolute Gasteiger partial charge is 0.472 e. The zero-order valence-electron chi connectivity index (χ0n) is 44.3. The molecule has 1 N–H and O–H groups in total. The fraction of sp³-hybridized carbons (Fsp3) is 0.724. The van der Waals surface area contributed by atoms with Crippen molar-refractivity contribution in [1.29, 1.82) is 0 Å². The lowest BCUT2D eigenvalue weighted by Gasteiger charge is -2.24. The Balaban J connectivity index is 4.29. The zero-order valence-corrected chi connectivity index (χ0v) is 45.2. The highest BCUT2D eigenvalue weighted by Gasteiger charge is 2.27. The molecule has 0 saturated carbocycles. The van der Waals surface area contributed by atoms with E-state index in [-0.39, 0.29) is 32.0 Å². The number of ether oxygens (including phenoxy) is 2. The third kappa shape index (κ3) is 52.6. The van der Waals surface area contributed by atoms with E-state index < -0.39 is 26.5 Å². The number of nitrogens with zero attached hydrogens (tertiary/aromatic N) is 1. The SMILES string of the molecule is CC/C=C\C/C=C\C/C=C\C/C=C\C/C=C\C/C=C\CCCCC(=O)OC(COC(=O)CCCCCCCCCCCCC/C=C\CCCCCCCCCC)COP(=O)(O)OCC[N+](C)(C)C. The van der Waals surface area contributed by atoms with Gasteiger partial charge in [-0.25, -0.2) is 4.57 Å². The van der Waals surface area contributed by atoms with E-state index in [0.717, 1.165) is 70.6 Å². The molecule has 0 bridgehead atoms. The van der Waals surface area contributed by atoms with Crippen molar-refractivity contribution in [2.45, 2.75) is 225 Å². The summed E-state index contributed by atoms with van der Waals surface area (Å²) < 4.78 is 34.5. The fourth-order valence-electron chi connectivity index (χ4n) is 7.19. The van der Waals surface area contributed by atoms with Gasteiger partial charge in [-0.1, -0.05) is 202 Å². The Labute approximate surface area is 418 Å². The Bertz CT molecular complexity index is 1420. The molecule has 0 aromatic heterocycles. The number of unbranched alkanes of at least 4 members (excludes halogenated alkanes) is 21. The summed E-state index contributed by atoms with van der Waals surface area (Å²) >= 11 is 0. The number of phosphoric ester groups is 1. The van der Waals surface area contributed by atoms with Gasteiger partial charge in [0.2, 0.25) is 0 Å². The molecule has 68 heavy (non-hydrogen) atoms. The molecule has 0 saturated heterocycles. The Kier molecular flexibility index (Phi) is 47.2. The van der Waals surface area contributed by atoms with Gasteiger partial charge in [0.1, 0.15) is 19.8 Å². The highest BCUT2D eigenvalue weighted by molar-refractivity contribution is 7.47. The summed E-state index contributed by atoms with van der Waals surface area (Å²) in [6.07, 6.45) is 65.1. The standard InChI is InChI=1S/C58H102NO8P/c1-6-8-10-12-14-16-18-20-22-24-26-28-29-31-32-34-36-38-40-42-44-46-48-50-57(60)64-54-56(55-66-68(62,63)65-53-52-59(3,4)5)67-58(61)51-49-47-45-43-41-39-37-35-33-30-27-25-23-21-19-17-15-13-11-9-7-2/h9,11,15,17,21,23-24,26-27,30,35,37,41,43,56H,6-8,10,12-14,16,18-20,22,25,28-29,31-34,36,38-40,42,44-55H2,1-5H3/p+1/b11-9-,17-15-,23-21-,26-24-,30-27-,37-35-,43-41-. The van der Waals surface area contributed by atoms with Gasteiger partial charge in [-0.15, -0.1) is 0 Å². The third-order valence-electron chi connectivity index (χ3n) is 11.4. The van der Waals surface area contributed by atoms with Crippen molar-refractivity contribution in [3.63, 3.8) is 0 Å². The summed E-state index contributed by atoms with van der Waals surface area (Å²) in [7, 11) is 1.44. The molecule has 0 aliphatic heterocycles. The van der Waals surface area contributed by atoms with Crippen LogP contribution in [0.4, 0.5) is 0 Å². The van der Waals surface area contributed by atoms with Gasteiger partial charge in [0.25, 0.3) is 0 Å². The Morgan fingerprint density at radius 1 is 0.471 bits per heavy atom. The van der Waals surface area contributed by atoms with Gasteiger partial charge in [0, 0.05) is 12.8 Å². The minimum Gasteiger partial charge on any atom is -0.462 e. The number of rotatable bonds is 49. The topological polar surface area (TPSA) is 108 Å². The molecule has 2 atom stereocenters. The first-order valence-corrected chi connectivity index (χ1v) is 28.8. The predicted molar refractivity (Wildman–Crippen MR) is 289 cm³/mol. The van der Waals surface area contributed by atoms with Crippen molar-refractivity contribution in [1.82, 2.24) is 0 Å². The Morgan fingerprint density at radius 2 is 0.838 bits per heavy atom. The molecule has 0 rings (SSSR count). The van der Waals surface area contributed by atoms with Crippen molar-refractivity contribution in [2.24, 2.45) is 0 Å². The van der Waals surface area contributed by atoms with E-state index >= 15 is 0 Å². The quantitative estimate of drug-likeness (QED) is 0.0211. The number of allylic oxidation sites excluding steroid dienone is 14. The first-order chi connectivity index (χ1) is 33.0. The number of carbonyl (C=O) groups excluding carboxylic acids is 2. The molecular formula is C58H103NO8P+. The Morgan fingerprint density at radius 3 is 1.29 bits per heavy atom. The molecule has 0 radical (unpaired) electrons. The van der Waals surface area contributed by atoms with Crippen molar-refractivity contribution in [3.05, 3.63) is 85.1 Å².